The number of benzene rings is 2. The zero-order chi connectivity index (χ0) is 22.0. The molecule has 2 heterocycles. The minimum Gasteiger partial charge on any atom is -0.484 e. The second-order valence-corrected chi connectivity index (χ2v) is 7.54. The van der Waals surface area contributed by atoms with Crippen molar-refractivity contribution < 1.29 is 9.53 Å². The van der Waals surface area contributed by atoms with E-state index in [0.717, 1.165) is 16.6 Å². The Morgan fingerprint density at radius 2 is 2.00 bits per heavy atom. The molecule has 0 atom stereocenters. The molecule has 2 N–H and O–H groups in total. The lowest BCUT2D eigenvalue weighted by Crippen LogP contribution is -2.13. The van der Waals surface area contributed by atoms with Crippen molar-refractivity contribution in [3.05, 3.63) is 87.4 Å². The zero-order valence-corrected chi connectivity index (χ0v) is 17.6. The summed E-state index contributed by atoms with van der Waals surface area (Å²) in [5.74, 6) is 0.474. The van der Waals surface area contributed by atoms with Crippen LogP contribution in [0.25, 0.3) is 11.0 Å². The van der Waals surface area contributed by atoms with Gasteiger partial charge in [-0.2, -0.15) is 5.26 Å². The van der Waals surface area contributed by atoms with Gasteiger partial charge in [0.1, 0.15) is 23.9 Å². The second-order valence-electron chi connectivity index (χ2n) is 6.70. The number of nitrogens with two attached hydrogens (primary N) is 1. The van der Waals surface area contributed by atoms with E-state index >= 15 is 0 Å². The number of carbonyl (C=O) groups excluding carboxylic acids is 1. The molecule has 7 nitrogen and oxygen atoms in total. The highest BCUT2D eigenvalue weighted by molar-refractivity contribution is 6.33. The number of carbonyl (C=O) groups is 1. The third-order valence-corrected chi connectivity index (χ3v) is 5.25. The molecule has 4 rings (SSSR count). The van der Waals surface area contributed by atoms with Gasteiger partial charge in [0.2, 0.25) is 0 Å². The number of nitrogens with zero attached hydrogens (tertiary/aromatic N) is 4. The molecule has 4 aromatic rings. The van der Waals surface area contributed by atoms with E-state index < -0.39 is 5.91 Å². The van der Waals surface area contributed by atoms with E-state index in [1.807, 2.05) is 4.57 Å². The Labute approximate surface area is 187 Å². The van der Waals surface area contributed by atoms with Gasteiger partial charge in [0.05, 0.1) is 35.4 Å². The van der Waals surface area contributed by atoms with Crippen molar-refractivity contribution in [2.24, 2.45) is 5.73 Å². The zero-order valence-electron chi connectivity index (χ0n) is 16.0. The average molecular weight is 452 g/mol. The third kappa shape index (κ3) is 4.45. The Kier molecular flexibility index (Phi) is 5.76. The van der Waals surface area contributed by atoms with Crippen LogP contribution in [0.5, 0.6) is 5.75 Å². The first-order valence-electron chi connectivity index (χ1n) is 9.16. The van der Waals surface area contributed by atoms with Crippen molar-refractivity contribution >= 4 is 40.1 Å². The number of primary amides is 1. The van der Waals surface area contributed by atoms with Gasteiger partial charge in [-0.1, -0.05) is 23.2 Å². The first-order chi connectivity index (χ1) is 14.9. The Morgan fingerprint density at radius 3 is 2.71 bits per heavy atom. The molecule has 0 saturated carbocycles. The van der Waals surface area contributed by atoms with Crippen LogP contribution in [0.2, 0.25) is 10.0 Å². The molecule has 0 radical (unpaired) electrons. The van der Waals surface area contributed by atoms with Gasteiger partial charge in [0.15, 0.2) is 0 Å². The second kappa shape index (κ2) is 8.64. The lowest BCUT2D eigenvalue weighted by molar-refractivity contribution is 0.0995. The van der Waals surface area contributed by atoms with E-state index in [1.165, 1.54) is 12.3 Å². The van der Waals surface area contributed by atoms with Gasteiger partial charge in [-0.05, 0) is 54.1 Å². The number of fused-ring (bicyclic) bond motifs is 1. The Balaban J connectivity index is 1.70. The number of hydrogen-bond acceptors (Lipinski definition) is 5. The number of ether oxygens (including phenoxy) is 1. The number of amides is 1. The Bertz CT molecular complexity index is 1330. The highest BCUT2D eigenvalue weighted by atomic mass is 35.5. The molecule has 0 bridgehead atoms. The summed E-state index contributed by atoms with van der Waals surface area (Å²) >= 11 is 12.5. The molecular formula is C22H15Cl2N5O2. The number of halogens is 2. The predicted molar refractivity (Wildman–Crippen MR) is 117 cm³/mol. The summed E-state index contributed by atoms with van der Waals surface area (Å²) in [4.78, 5) is 19.8. The molecule has 0 saturated heterocycles. The number of hydrogen-bond donors (Lipinski definition) is 1. The van der Waals surface area contributed by atoms with Crippen molar-refractivity contribution in [2.45, 2.75) is 13.2 Å². The van der Waals surface area contributed by atoms with Gasteiger partial charge in [0, 0.05) is 10.0 Å². The van der Waals surface area contributed by atoms with Crippen LogP contribution < -0.4 is 10.5 Å². The van der Waals surface area contributed by atoms with Crippen molar-refractivity contribution in [1.29, 1.82) is 5.26 Å². The summed E-state index contributed by atoms with van der Waals surface area (Å²) < 4.78 is 7.75. The van der Waals surface area contributed by atoms with Crippen molar-refractivity contribution in [3.8, 4) is 11.8 Å². The van der Waals surface area contributed by atoms with Crippen LogP contribution in [0.4, 0.5) is 0 Å². The summed E-state index contributed by atoms with van der Waals surface area (Å²) in [7, 11) is 0. The standard InChI is InChI=1S/C22H15Cl2N5O2/c23-15-2-4-17(24)14(8-15)11-29-20-7-13(9-25)1-5-18(20)28-21(29)12-31-16-3-6-19(22(26)30)27-10-16/h1-8,10H,11-12H2,(H2,26,30). The summed E-state index contributed by atoms with van der Waals surface area (Å²) in [6.07, 6.45) is 1.43. The van der Waals surface area contributed by atoms with E-state index in [9.17, 15) is 10.1 Å². The number of rotatable bonds is 6. The molecule has 9 heteroatoms. The van der Waals surface area contributed by atoms with Crippen LogP contribution in [-0.2, 0) is 13.2 Å². The highest BCUT2D eigenvalue weighted by Gasteiger charge is 2.15. The summed E-state index contributed by atoms with van der Waals surface area (Å²) in [5, 5.41) is 10.4. The third-order valence-electron chi connectivity index (χ3n) is 4.65. The Hall–Kier alpha value is -3.60. The van der Waals surface area contributed by atoms with Crippen molar-refractivity contribution in [3.63, 3.8) is 0 Å². The molecule has 0 aliphatic rings. The number of nitriles is 1. The van der Waals surface area contributed by atoms with Crippen LogP contribution >= 0.6 is 23.2 Å². The van der Waals surface area contributed by atoms with E-state index in [-0.39, 0.29) is 12.3 Å². The number of pyridine rings is 1. The van der Waals surface area contributed by atoms with E-state index in [4.69, 9.17) is 33.7 Å². The first kappa shape index (κ1) is 20.7. The van der Waals surface area contributed by atoms with Crippen LogP contribution in [-0.4, -0.2) is 20.4 Å². The maximum absolute atomic E-state index is 11.2. The predicted octanol–water partition coefficient (Wildman–Crippen LogP) is 4.34. The number of aromatic nitrogens is 3. The van der Waals surface area contributed by atoms with Crippen molar-refractivity contribution in [2.75, 3.05) is 0 Å². The monoisotopic (exact) mass is 451 g/mol. The fraction of sp³-hybridized carbons (Fsp3) is 0.0909. The Morgan fingerprint density at radius 1 is 1.16 bits per heavy atom. The van der Waals surface area contributed by atoms with Crippen LogP contribution in [0, 0.1) is 11.3 Å². The lowest BCUT2D eigenvalue weighted by atomic mass is 10.2. The quantitative estimate of drug-likeness (QED) is 0.469. The van der Waals surface area contributed by atoms with Crippen LogP contribution in [0.15, 0.2) is 54.7 Å². The molecule has 31 heavy (non-hydrogen) atoms. The van der Waals surface area contributed by atoms with Gasteiger partial charge in [0.25, 0.3) is 5.91 Å². The SMILES string of the molecule is N#Cc1ccc2nc(COc3ccc(C(N)=O)nc3)n(Cc3cc(Cl)ccc3Cl)c2c1. The molecule has 2 aromatic carbocycles. The smallest absolute Gasteiger partial charge is 0.267 e. The van der Waals surface area contributed by atoms with E-state index in [2.05, 4.69) is 16.0 Å². The number of imidazole rings is 1. The van der Waals surface area contributed by atoms with Crippen LogP contribution in [0.3, 0.4) is 0 Å². The summed E-state index contributed by atoms with van der Waals surface area (Å²) in [6.45, 7) is 0.523. The van der Waals surface area contributed by atoms with Gasteiger partial charge < -0.3 is 15.0 Å². The van der Waals surface area contributed by atoms with Gasteiger partial charge >= 0.3 is 0 Å². The molecule has 0 spiro atoms. The average Bonchev–Trinajstić information content (AvgIpc) is 3.11. The molecule has 154 valence electrons. The van der Waals surface area contributed by atoms with E-state index in [1.54, 1.807) is 42.5 Å². The van der Waals surface area contributed by atoms with Gasteiger partial charge in [-0.15, -0.1) is 0 Å². The van der Waals surface area contributed by atoms with Gasteiger partial charge in [-0.25, -0.2) is 9.97 Å². The van der Waals surface area contributed by atoms with Crippen molar-refractivity contribution in [1.82, 2.24) is 14.5 Å². The fourth-order valence-corrected chi connectivity index (χ4v) is 3.49. The minimum absolute atomic E-state index is 0.131. The maximum atomic E-state index is 11.2. The fourth-order valence-electron chi connectivity index (χ4n) is 3.12. The molecule has 0 fully saturated rings. The minimum atomic E-state index is -0.611. The largest absolute Gasteiger partial charge is 0.484 e. The molecule has 0 aliphatic carbocycles. The van der Waals surface area contributed by atoms with E-state index in [0.29, 0.717) is 33.7 Å². The van der Waals surface area contributed by atoms with Crippen LogP contribution in [0.1, 0.15) is 27.4 Å². The molecule has 2 aromatic heterocycles. The summed E-state index contributed by atoms with van der Waals surface area (Å²) in [6, 6.07) is 15.8. The lowest BCUT2D eigenvalue weighted by Gasteiger charge is -2.12. The topological polar surface area (TPSA) is 107 Å². The maximum Gasteiger partial charge on any atom is 0.267 e. The highest BCUT2D eigenvalue weighted by Crippen LogP contribution is 2.26. The molecule has 0 unspecified atom stereocenters. The van der Waals surface area contributed by atoms with Gasteiger partial charge in [-0.3, -0.25) is 4.79 Å². The molecule has 0 aliphatic heterocycles. The normalized spacial score (nSPS) is 10.7. The molecule has 1 amide bonds. The first-order valence-corrected chi connectivity index (χ1v) is 9.92. The summed E-state index contributed by atoms with van der Waals surface area (Å²) in [5.41, 5.74) is 8.19. The molecular weight excluding hydrogens is 437 g/mol.